The van der Waals surface area contributed by atoms with Crippen LogP contribution < -0.4 is 0 Å². The SMILES string of the molecule is O=C1C(=Cc2ccccc2)CC[C@]12C[C@H]1CCCC[C@]1(O)O[C@@H]2c1ccccc1. The number of carbonyl (C=O) groups is 1. The zero-order chi connectivity index (χ0) is 19.9. The smallest absolute Gasteiger partial charge is 0.169 e. The molecule has 0 amide bonds. The minimum absolute atomic E-state index is 0.0382. The summed E-state index contributed by atoms with van der Waals surface area (Å²) in [4.78, 5) is 13.8. The van der Waals surface area contributed by atoms with E-state index in [9.17, 15) is 9.90 Å². The van der Waals surface area contributed by atoms with E-state index in [-0.39, 0.29) is 11.7 Å². The average Bonchev–Trinajstić information content (AvgIpc) is 3.05. The van der Waals surface area contributed by atoms with Gasteiger partial charge in [-0.3, -0.25) is 4.79 Å². The second kappa shape index (κ2) is 7.23. The van der Waals surface area contributed by atoms with Gasteiger partial charge >= 0.3 is 0 Å². The first-order valence-electron chi connectivity index (χ1n) is 10.9. The highest BCUT2D eigenvalue weighted by molar-refractivity contribution is 6.06. The molecule has 150 valence electrons. The van der Waals surface area contributed by atoms with Crippen molar-refractivity contribution in [2.24, 2.45) is 11.3 Å². The molecule has 2 aliphatic carbocycles. The van der Waals surface area contributed by atoms with Gasteiger partial charge in [0.2, 0.25) is 0 Å². The van der Waals surface area contributed by atoms with Crippen molar-refractivity contribution in [2.45, 2.75) is 56.8 Å². The molecule has 3 nitrogen and oxygen atoms in total. The summed E-state index contributed by atoms with van der Waals surface area (Å²) in [6.45, 7) is 0. The van der Waals surface area contributed by atoms with Gasteiger partial charge in [0.05, 0.1) is 11.5 Å². The summed E-state index contributed by atoms with van der Waals surface area (Å²) < 4.78 is 6.48. The predicted molar refractivity (Wildman–Crippen MR) is 113 cm³/mol. The number of hydrogen-bond donors (Lipinski definition) is 1. The summed E-state index contributed by atoms with van der Waals surface area (Å²) in [7, 11) is 0. The van der Waals surface area contributed by atoms with Crippen molar-refractivity contribution >= 4 is 11.9 Å². The molecule has 3 fully saturated rings. The van der Waals surface area contributed by atoms with Crippen LogP contribution in [-0.4, -0.2) is 16.7 Å². The molecule has 2 aromatic rings. The van der Waals surface area contributed by atoms with Gasteiger partial charge < -0.3 is 9.84 Å². The van der Waals surface area contributed by atoms with Gasteiger partial charge in [0.15, 0.2) is 11.6 Å². The monoisotopic (exact) mass is 388 g/mol. The fraction of sp³-hybridized carbons (Fsp3) is 0.423. The first-order valence-corrected chi connectivity index (χ1v) is 10.9. The standard InChI is InChI=1S/C26H28O3/c27-23-21(17-19-9-3-1-4-10-19)14-16-25(23)18-22-13-7-8-15-26(22,28)29-24(25)20-11-5-2-6-12-20/h1-6,9-12,17,22,24,28H,7-8,13-16,18H2/t22-,24-,25+,26+/m1/s1. The maximum absolute atomic E-state index is 13.8. The number of allylic oxidation sites excluding steroid dienone is 1. The van der Waals surface area contributed by atoms with E-state index in [0.29, 0.717) is 12.8 Å². The number of aliphatic hydroxyl groups is 1. The predicted octanol–water partition coefficient (Wildman–Crippen LogP) is 5.46. The molecule has 29 heavy (non-hydrogen) atoms. The Bertz CT molecular complexity index is 919. The quantitative estimate of drug-likeness (QED) is 0.695. The number of fused-ring (bicyclic) bond motifs is 1. The van der Waals surface area contributed by atoms with E-state index in [1.807, 2.05) is 66.7 Å². The number of carbonyl (C=O) groups excluding carboxylic acids is 1. The van der Waals surface area contributed by atoms with Gasteiger partial charge in [0, 0.05) is 12.3 Å². The second-order valence-electron chi connectivity index (χ2n) is 8.97. The molecule has 3 heteroatoms. The van der Waals surface area contributed by atoms with Crippen LogP contribution in [-0.2, 0) is 9.53 Å². The summed E-state index contributed by atoms with van der Waals surface area (Å²) in [5.74, 6) is -0.852. The maximum Gasteiger partial charge on any atom is 0.169 e. The van der Waals surface area contributed by atoms with Gasteiger partial charge in [0.25, 0.3) is 0 Å². The van der Waals surface area contributed by atoms with Crippen LogP contribution in [0.2, 0.25) is 0 Å². The van der Waals surface area contributed by atoms with E-state index >= 15 is 0 Å². The Morgan fingerprint density at radius 1 is 0.966 bits per heavy atom. The van der Waals surface area contributed by atoms with E-state index in [4.69, 9.17) is 4.74 Å². The molecular weight excluding hydrogens is 360 g/mol. The van der Waals surface area contributed by atoms with Gasteiger partial charge in [-0.05, 0) is 54.9 Å². The summed E-state index contributed by atoms with van der Waals surface area (Å²) in [6.07, 6.45) is 7.61. The molecule has 0 bridgehead atoms. The van der Waals surface area contributed by atoms with Gasteiger partial charge in [0.1, 0.15) is 0 Å². The summed E-state index contributed by atoms with van der Waals surface area (Å²) >= 11 is 0. The lowest BCUT2D eigenvalue weighted by atomic mass is 9.63. The third-order valence-electron chi connectivity index (χ3n) is 7.24. The highest BCUT2D eigenvalue weighted by atomic mass is 16.6. The molecule has 1 heterocycles. The van der Waals surface area contributed by atoms with Crippen LogP contribution in [0.4, 0.5) is 0 Å². The Morgan fingerprint density at radius 2 is 1.69 bits per heavy atom. The Labute approximate surface area is 172 Å². The minimum atomic E-state index is -1.10. The molecule has 2 saturated carbocycles. The second-order valence-corrected chi connectivity index (χ2v) is 8.97. The third-order valence-corrected chi connectivity index (χ3v) is 7.24. The molecule has 5 rings (SSSR count). The number of Topliss-reactive ketones (excluding diaryl/α,β-unsaturated/α-hetero) is 1. The molecule has 3 aliphatic rings. The maximum atomic E-state index is 13.8. The van der Waals surface area contributed by atoms with Crippen LogP contribution in [0.15, 0.2) is 66.2 Å². The van der Waals surface area contributed by atoms with Crippen molar-refractivity contribution in [1.29, 1.82) is 0 Å². The Kier molecular flexibility index (Phi) is 4.68. The fourth-order valence-corrected chi connectivity index (χ4v) is 5.73. The van der Waals surface area contributed by atoms with Crippen LogP contribution in [0.1, 0.15) is 62.2 Å². The highest BCUT2D eigenvalue weighted by Crippen LogP contribution is 2.60. The molecule has 0 radical (unpaired) electrons. The number of ketones is 1. The van der Waals surface area contributed by atoms with E-state index in [1.54, 1.807) is 0 Å². The van der Waals surface area contributed by atoms with Crippen molar-refractivity contribution in [1.82, 2.24) is 0 Å². The van der Waals surface area contributed by atoms with E-state index < -0.39 is 17.3 Å². The molecule has 0 unspecified atom stereocenters. The zero-order valence-corrected chi connectivity index (χ0v) is 16.7. The number of benzene rings is 2. The topological polar surface area (TPSA) is 46.5 Å². The van der Waals surface area contributed by atoms with Gasteiger partial charge in [-0.1, -0.05) is 67.1 Å². The van der Waals surface area contributed by atoms with Crippen molar-refractivity contribution < 1.29 is 14.6 Å². The molecule has 1 aliphatic heterocycles. The van der Waals surface area contributed by atoms with Crippen molar-refractivity contribution in [3.63, 3.8) is 0 Å². The first-order chi connectivity index (χ1) is 14.1. The Balaban J connectivity index is 1.55. The Hall–Kier alpha value is -2.23. The van der Waals surface area contributed by atoms with Crippen LogP contribution >= 0.6 is 0 Å². The number of ether oxygens (including phenoxy) is 1. The average molecular weight is 389 g/mol. The summed E-state index contributed by atoms with van der Waals surface area (Å²) in [5, 5.41) is 11.3. The van der Waals surface area contributed by atoms with Crippen LogP contribution in [0.5, 0.6) is 0 Å². The van der Waals surface area contributed by atoms with Crippen molar-refractivity contribution in [2.75, 3.05) is 0 Å². The van der Waals surface area contributed by atoms with E-state index in [0.717, 1.165) is 48.8 Å². The van der Waals surface area contributed by atoms with Crippen molar-refractivity contribution in [3.05, 3.63) is 77.4 Å². The summed E-state index contributed by atoms with van der Waals surface area (Å²) in [5.41, 5.74) is 2.38. The lowest BCUT2D eigenvalue weighted by Crippen LogP contribution is -2.55. The number of rotatable bonds is 2. The molecule has 4 atom stereocenters. The molecule has 2 aromatic carbocycles. The lowest BCUT2D eigenvalue weighted by molar-refractivity contribution is -0.323. The fourth-order valence-electron chi connectivity index (χ4n) is 5.73. The normalized spacial score (nSPS) is 35.8. The Morgan fingerprint density at radius 3 is 2.45 bits per heavy atom. The van der Waals surface area contributed by atoms with Gasteiger partial charge in [-0.25, -0.2) is 0 Å². The molecular formula is C26H28O3. The minimum Gasteiger partial charge on any atom is -0.365 e. The van der Waals surface area contributed by atoms with Crippen LogP contribution in [0.25, 0.3) is 6.08 Å². The summed E-state index contributed by atoms with van der Waals surface area (Å²) in [6, 6.07) is 20.1. The van der Waals surface area contributed by atoms with Crippen molar-refractivity contribution in [3.8, 4) is 0 Å². The molecule has 1 spiro atoms. The van der Waals surface area contributed by atoms with Crippen LogP contribution in [0.3, 0.4) is 0 Å². The third kappa shape index (κ3) is 3.17. The zero-order valence-electron chi connectivity index (χ0n) is 16.7. The molecule has 1 saturated heterocycles. The molecule has 1 N–H and O–H groups in total. The van der Waals surface area contributed by atoms with Gasteiger partial charge in [-0.2, -0.15) is 0 Å². The lowest BCUT2D eigenvalue weighted by Gasteiger charge is -2.53. The highest BCUT2D eigenvalue weighted by Gasteiger charge is 2.61. The first kappa shape index (κ1) is 18.8. The van der Waals surface area contributed by atoms with Gasteiger partial charge in [-0.15, -0.1) is 0 Å². The largest absolute Gasteiger partial charge is 0.365 e. The van der Waals surface area contributed by atoms with E-state index in [1.165, 1.54) is 0 Å². The van der Waals surface area contributed by atoms with E-state index in [2.05, 4.69) is 0 Å². The van der Waals surface area contributed by atoms with Crippen LogP contribution in [0, 0.1) is 11.3 Å². The number of hydrogen-bond acceptors (Lipinski definition) is 3. The molecule has 0 aromatic heterocycles.